The molecule has 11 nitrogen and oxygen atoms in total. The molecule has 4 rings (SSSR count). The Bertz CT molecular complexity index is 1440. The average Bonchev–Trinajstić information content (AvgIpc) is 3.45. The van der Waals surface area contributed by atoms with Crippen molar-refractivity contribution in [2.75, 3.05) is 19.4 Å². The smallest absolute Gasteiger partial charge is 0.216 e. The molecule has 0 amide bonds. The number of aromatic nitrogens is 5. The predicted molar refractivity (Wildman–Crippen MR) is 139 cm³/mol. The lowest BCUT2D eigenvalue weighted by molar-refractivity contribution is 0.143. The largest absolute Gasteiger partial charge is 0.497 e. The molecule has 1 atom stereocenters. The number of pyridine rings is 1. The molecule has 1 aromatic carbocycles. The van der Waals surface area contributed by atoms with Gasteiger partial charge in [-0.25, -0.2) is 14.6 Å². The normalized spacial score (nSPS) is 12.3. The first-order valence-electron chi connectivity index (χ1n) is 12.0. The molecule has 0 aliphatic carbocycles. The summed E-state index contributed by atoms with van der Waals surface area (Å²) < 4.78 is 18.4. The molecule has 0 spiro atoms. The number of aliphatic hydroxyl groups is 1. The van der Waals surface area contributed by atoms with E-state index in [9.17, 15) is 5.11 Å². The zero-order chi connectivity index (χ0) is 26.6. The first-order valence-corrected chi connectivity index (χ1v) is 12.0. The molecule has 0 saturated heterocycles. The van der Waals surface area contributed by atoms with E-state index < -0.39 is 5.60 Å². The van der Waals surface area contributed by atoms with Crippen molar-refractivity contribution < 1.29 is 19.2 Å². The second-order valence-corrected chi connectivity index (χ2v) is 9.04. The third-order valence-corrected chi connectivity index (χ3v) is 5.62. The second kappa shape index (κ2) is 10.9. The SMILES string of the molecule is CCn1c(-c2nonc2N)nc2c(C#CC(C)(C)O)nc(OC(CCN)Cc3cccc(OC)c3)cc21. The van der Waals surface area contributed by atoms with E-state index in [0.717, 1.165) is 16.8 Å². The third-order valence-electron chi connectivity index (χ3n) is 5.62. The highest BCUT2D eigenvalue weighted by Crippen LogP contribution is 2.30. The van der Waals surface area contributed by atoms with Gasteiger partial charge in [-0.2, -0.15) is 0 Å². The summed E-state index contributed by atoms with van der Waals surface area (Å²) in [6, 6.07) is 9.63. The van der Waals surface area contributed by atoms with Crippen molar-refractivity contribution in [1.29, 1.82) is 0 Å². The molecule has 0 saturated carbocycles. The van der Waals surface area contributed by atoms with Crippen molar-refractivity contribution in [1.82, 2.24) is 24.8 Å². The minimum atomic E-state index is -1.23. The van der Waals surface area contributed by atoms with E-state index >= 15 is 0 Å². The molecule has 0 radical (unpaired) electrons. The van der Waals surface area contributed by atoms with Crippen LogP contribution >= 0.6 is 0 Å². The highest BCUT2D eigenvalue weighted by atomic mass is 16.6. The number of anilines is 1. The van der Waals surface area contributed by atoms with Crippen LogP contribution in [-0.2, 0) is 13.0 Å². The Balaban J connectivity index is 1.80. The molecular formula is C26H31N7O4. The van der Waals surface area contributed by atoms with E-state index in [1.165, 1.54) is 0 Å². The van der Waals surface area contributed by atoms with Gasteiger partial charge in [-0.3, -0.25) is 0 Å². The summed E-state index contributed by atoms with van der Waals surface area (Å²) in [5.41, 5.74) is 13.6. The van der Waals surface area contributed by atoms with Gasteiger partial charge in [-0.1, -0.05) is 18.1 Å². The number of hydrogen-bond donors (Lipinski definition) is 3. The molecule has 0 bridgehead atoms. The molecule has 11 heteroatoms. The van der Waals surface area contributed by atoms with Crippen LogP contribution < -0.4 is 20.9 Å². The molecule has 0 aliphatic heterocycles. The number of fused-ring (bicyclic) bond motifs is 1. The Labute approximate surface area is 214 Å². The van der Waals surface area contributed by atoms with E-state index in [0.29, 0.717) is 54.5 Å². The van der Waals surface area contributed by atoms with Gasteiger partial charge in [0.05, 0.1) is 12.6 Å². The molecule has 5 N–H and O–H groups in total. The lowest BCUT2D eigenvalue weighted by Crippen LogP contribution is -2.24. The van der Waals surface area contributed by atoms with E-state index in [1.807, 2.05) is 41.8 Å². The second-order valence-electron chi connectivity index (χ2n) is 9.04. The van der Waals surface area contributed by atoms with Crippen molar-refractivity contribution >= 4 is 16.9 Å². The van der Waals surface area contributed by atoms with Crippen LogP contribution in [0.3, 0.4) is 0 Å². The number of aryl methyl sites for hydroxylation is 1. The summed E-state index contributed by atoms with van der Waals surface area (Å²) >= 11 is 0. The van der Waals surface area contributed by atoms with E-state index in [4.69, 9.17) is 30.6 Å². The summed E-state index contributed by atoms with van der Waals surface area (Å²) in [4.78, 5) is 9.37. The minimum Gasteiger partial charge on any atom is -0.497 e. The van der Waals surface area contributed by atoms with Crippen molar-refractivity contribution in [3.8, 4) is 35.0 Å². The van der Waals surface area contributed by atoms with Crippen LogP contribution in [0.15, 0.2) is 35.0 Å². The van der Waals surface area contributed by atoms with Crippen LogP contribution in [-0.4, -0.2) is 55.3 Å². The van der Waals surface area contributed by atoms with E-state index in [-0.39, 0.29) is 11.9 Å². The highest BCUT2D eigenvalue weighted by molar-refractivity contribution is 5.86. The van der Waals surface area contributed by atoms with Crippen LogP contribution in [0.25, 0.3) is 22.6 Å². The van der Waals surface area contributed by atoms with Gasteiger partial charge in [0, 0.05) is 19.0 Å². The van der Waals surface area contributed by atoms with E-state index in [1.54, 1.807) is 21.0 Å². The summed E-state index contributed by atoms with van der Waals surface area (Å²) in [7, 11) is 1.64. The predicted octanol–water partition coefficient (Wildman–Crippen LogP) is 2.55. The number of benzene rings is 1. The molecule has 3 aromatic heterocycles. The molecule has 3 heterocycles. The Hall–Kier alpha value is -4.14. The number of nitrogens with two attached hydrogens (primary N) is 2. The van der Waals surface area contributed by atoms with Crippen LogP contribution in [0.2, 0.25) is 0 Å². The summed E-state index contributed by atoms with van der Waals surface area (Å²) in [6.45, 7) is 6.16. The first-order chi connectivity index (χ1) is 17.7. The van der Waals surface area contributed by atoms with Crippen molar-refractivity contribution in [3.63, 3.8) is 0 Å². The Morgan fingerprint density at radius 1 is 1.22 bits per heavy atom. The summed E-state index contributed by atoms with van der Waals surface area (Å²) in [5.74, 6) is 7.51. The van der Waals surface area contributed by atoms with Crippen molar-refractivity contribution in [2.45, 2.75) is 51.9 Å². The van der Waals surface area contributed by atoms with Gasteiger partial charge in [0.2, 0.25) is 5.88 Å². The number of ether oxygens (including phenoxy) is 2. The quantitative estimate of drug-likeness (QED) is 0.288. The van der Waals surface area contributed by atoms with Crippen molar-refractivity contribution in [3.05, 3.63) is 41.6 Å². The first kappa shape index (κ1) is 25.9. The van der Waals surface area contributed by atoms with Crippen LogP contribution in [0.1, 0.15) is 38.4 Å². The van der Waals surface area contributed by atoms with Gasteiger partial charge in [0.1, 0.15) is 28.7 Å². The Kier molecular flexibility index (Phi) is 7.61. The Morgan fingerprint density at radius 2 is 2.03 bits per heavy atom. The number of methoxy groups -OCH3 is 1. The lowest BCUT2D eigenvalue weighted by atomic mass is 10.1. The molecular weight excluding hydrogens is 474 g/mol. The van der Waals surface area contributed by atoms with Crippen LogP contribution in [0, 0.1) is 11.8 Å². The zero-order valence-corrected chi connectivity index (χ0v) is 21.4. The maximum atomic E-state index is 10.2. The molecule has 4 aromatic rings. The number of nitrogens with zero attached hydrogens (tertiary/aromatic N) is 5. The highest BCUT2D eigenvalue weighted by Gasteiger charge is 2.22. The fraction of sp³-hybridized carbons (Fsp3) is 0.385. The van der Waals surface area contributed by atoms with Gasteiger partial charge in [0.15, 0.2) is 17.3 Å². The zero-order valence-electron chi connectivity index (χ0n) is 21.4. The number of rotatable bonds is 9. The number of nitrogen functional groups attached to an aromatic ring is 1. The third kappa shape index (κ3) is 5.99. The Morgan fingerprint density at radius 3 is 2.68 bits per heavy atom. The summed E-state index contributed by atoms with van der Waals surface area (Å²) in [5, 5.41) is 17.8. The minimum absolute atomic E-state index is 0.125. The average molecular weight is 506 g/mol. The summed E-state index contributed by atoms with van der Waals surface area (Å²) in [6.07, 6.45) is 0.976. The molecule has 37 heavy (non-hydrogen) atoms. The lowest BCUT2D eigenvalue weighted by Gasteiger charge is -2.19. The molecule has 0 aliphatic rings. The van der Waals surface area contributed by atoms with Gasteiger partial charge < -0.3 is 30.6 Å². The number of imidazole rings is 1. The standard InChI is InChI=1S/C26H31N7O4/c1-5-33-20-15-21(36-18(10-12-27)14-16-7-6-8-17(13-16)35-4)29-19(9-11-26(2,3)34)22(20)30-25(33)23-24(28)32-37-31-23/h6-8,13,15,18,34H,5,10,12,14,27H2,1-4H3,(H2,28,32). The maximum absolute atomic E-state index is 10.2. The fourth-order valence-electron chi connectivity index (χ4n) is 3.93. The van der Waals surface area contributed by atoms with Gasteiger partial charge in [-0.15, -0.1) is 0 Å². The van der Waals surface area contributed by atoms with Gasteiger partial charge in [0.25, 0.3) is 0 Å². The fourth-order valence-corrected chi connectivity index (χ4v) is 3.93. The van der Waals surface area contributed by atoms with Crippen molar-refractivity contribution in [2.24, 2.45) is 5.73 Å². The molecule has 194 valence electrons. The van der Waals surface area contributed by atoms with Gasteiger partial charge in [-0.05, 0) is 67.7 Å². The van der Waals surface area contributed by atoms with Crippen LogP contribution in [0.4, 0.5) is 5.82 Å². The number of hydrogen-bond acceptors (Lipinski definition) is 10. The van der Waals surface area contributed by atoms with Gasteiger partial charge >= 0.3 is 0 Å². The maximum Gasteiger partial charge on any atom is 0.216 e. The molecule has 1 unspecified atom stereocenters. The monoisotopic (exact) mass is 505 g/mol. The van der Waals surface area contributed by atoms with Crippen LogP contribution in [0.5, 0.6) is 11.6 Å². The van der Waals surface area contributed by atoms with E-state index in [2.05, 4.69) is 27.1 Å². The topological polar surface area (TPSA) is 160 Å². The molecule has 0 fully saturated rings.